The fourth-order valence-corrected chi connectivity index (χ4v) is 3.25. The summed E-state index contributed by atoms with van der Waals surface area (Å²) in [5, 5.41) is 35.6. The van der Waals surface area contributed by atoms with Crippen LogP contribution in [-0.2, 0) is 6.42 Å². The summed E-state index contributed by atoms with van der Waals surface area (Å²) in [6.45, 7) is 0. The van der Waals surface area contributed by atoms with Crippen LogP contribution in [0, 0.1) is 21.3 Å². The topological polar surface area (TPSA) is 151 Å². The quantitative estimate of drug-likeness (QED) is 0.119. The molecule has 0 radical (unpaired) electrons. The van der Waals surface area contributed by atoms with Gasteiger partial charge in [-0.1, -0.05) is 6.07 Å². The Morgan fingerprint density at radius 2 is 1.00 bits per heavy atom. The molecule has 0 unspecified atom stereocenters. The van der Waals surface area contributed by atoms with E-state index >= 15 is 0 Å². The standard InChI is InChI=1S/C25H22N5O6.3Rf/c1-34-20-10-14(4-7-17(20)31)11-23-28-24(26-15-5-8-18(32)21(12-15)35-2)30-25(29-23)27-16-6-9-19(33)22(13-16)36-3;;;/h4-10,12-13,31-33H,1-3,11H2,(H2,26,27,28,29,30);;;/q-3;;;. The minimum atomic E-state index is -0.0687. The molecule has 4 aromatic rings. The molecule has 0 aliphatic rings. The number of benzene rings is 3. The fourth-order valence-electron chi connectivity index (χ4n) is 3.25. The van der Waals surface area contributed by atoms with E-state index in [4.69, 9.17) is 14.2 Å². The molecule has 0 bridgehead atoms. The van der Waals surface area contributed by atoms with Crippen molar-refractivity contribution in [1.82, 2.24) is 15.0 Å². The van der Waals surface area contributed by atoms with E-state index in [0.29, 0.717) is 17.2 Å². The van der Waals surface area contributed by atoms with Crippen LogP contribution < -0.4 is 24.8 Å². The largest absolute Gasteiger partial charge is 0.663 e. The van der Waals surface area contributed by atoms with Gasteiger partial charge >= 0.3 is 0 Å². The zero-order valence-corrected chi connectivity index (χ0v) is 40.3. The molecule has 5 N–H and O–H groups in total. The molecule has 0 saturated heterocycles. The molecule has 0 fully saturated rings. The van der Waals surface area contributed by atoms with Crippen LogP contribution in [0.1, 0.15) is 11.4 Å². The van der Waals surface area contributed by atoms with Gasteiger partial charge in [0.1, 0.15) is 23.1 Å². The maximum absolute atomic E-state index is 9.85. The van der Waals surface area contributed by atoms with Crippen LogP contribution in [0.4, 0.5) is 23.3 Å². The molecule has 11 nitrogen and oxygen atoms in total. The minimum Gasteiger partial charge on any atom is -0.663 e. The molecule has 3 aromatic carbocycles. The van der Waals surface area contributed by atoms with Crippen LogP contribution in [0.25, 0.3) is 0 Å². The minimum absolute atomic E-state index is 0. The van der Waals surface area contributed by atoms with Crippen molar-refractivity contribution in [3.63, 3.8) is 0 Å². The van der Waals surface area contributed by atoms with E-state index in [2.05, 4.69) is 46.9 Å². The van der Waals surface area contributed by atoms with E-state index in [1.165, 1.54) is 30.3 Å². The van der Waals surface area contributed by atoms with Crippen LogP contribution in [-0.4, -0.2) is 30.3 Å². The fraction of sp³-hybridized carbons (Fsp3) is 0.0400. The van der Waals surface area contributed by atoms with Gasteiger partial charge in [0.2, 0.25) is 11.9 Å². The molecule has 192 valence electrons. The third-order valence-electron chi connectivity index (χ3n) is 4.97. The van der Waals surface area contributed by atoms with E-state index in [1.54, 1.807) is 24.3 Å². The number of rotatable bonds is 9. The van der Waals surface area contributed by atoms with Gasteiger partial charge in [-0.3, -0.25) is 0 Å². The number of ether oxygens (including phenoxy) is 3. The summed E-state index contributed by atoms with van der Waals surface area (Å²) in [6, 6.07) is 14.0. The maximum atomic E-state index is 9.85. The molecule has 4 rings (SSSR count). The van der Waals surface area contributed by atoms with Gasteiger partial charge in [0.25, 0.3) is 0 Å². The number of hydrogen-bond acceptors (Lipinski definition) is 11. The van der Waals surface area contributed by atoms with Crippen molar-refractivity contribution in [2.75, 3.05) is 10.6 Å². The SMILES string of the molecule is [CH2-]Oc1cc(Cc2nc(Nc3ccc(O)c(O[CH2-])c3)nc(Nc3ccc(O)c(O[CH2-])c3)n2)ccc1O.[Rf].[Rf].[Rf]. The Morgan fingerprint density at radius 1 is 0.590 bits per heavy atom. The zero-order valence-electron chi connectivity index (χ0n) is 21.1. The summed E-state index contributed by atoms with van der Waals surface area (Å²) >= 11 is 0. The number of phenolic OH excluding ortho intramolecular Hbond substituents is 3. The predicted molar refractivity (Wildman–Crippen MR) is 131 cm³/mol. The van der Waals surface area contributed by atoms with Gasteiger partial charge in [-0.25, -0.2) is 0 Å². The molecule has 0 aliphatic heterocycles. The van der Waals surface area contributed by atoms with Gasteiger partial charge in [0, 0.05) is 29.9 Å². The first-order chi connectivity index (χ1) is 17.4. The predicted octanol–water partition coefficient (Wildman–Crippen LogP) is 4.58. The van der Waals surface area contributed by atoms with E-state index in [-0.39, 0.29) is 52.8 Å². The number of hydrogen-bond donors (Lipinski definition) is 5. The van der Waals surface area contributed by atoms with Gasteiger partial charge in [0.15, 0.2) is 17.2 Å². The van der Waals surface area contributed by atoms with E-state index in [0.717, 1.165) is 5.56 Å². The summed E-state index contributed by atoms with van der Waals surface area (Å²) in [5.74, 6) is 1.15. The summed E-state index contributed by atoms with van der Waals surface area (Å²) in [4.78, 5) is 13.4. The second-order valence-electron chi connectivity index (χ2n) is 7.43. The van der Waals surface area contributed by atoms with Gasteiger partial charge in [-0.15, -0.1) is 0 Å². The molecule has 0 amide bonds. The van der Waals surface area contributed by atoms with Crippen molar-refractivity contribution in [2.45, 2.75) is 6.42 Å². The van der Waals surface area contributed by atoms with Gasteiger partial charge in [-0.2, -0.15) is 36.3 Å². The van der Waals surface area contributed by atoms with Gasteiger partial charge in [-0.05, 0) is 42.0 Å². The van der Waals surface area contributed by atoms with Crippen LogP contribution >= 0.6 is 0 Å². The number of aromatic hydroxyl groups is 3. The van der Waals surface area contributed by atoms with Crippen molar-refractivity contribution in [3.8, 4) is 34.5 Å². The smallest absolute Gasteiger partial charge is 0.232 e. The number of phenols is 3. The molecular weight excluding hydrogens is 1270 g/mol. The maximum Gasteiger partial charge on any atom is 0.232 e. The van der Waals surface area contributed by atoms with E-state index in [1.807, 2.05) is 0 Å². The Morgan fingerprint density at radius 3 is 1.44 bits per heavy atom. The Balaban J connectivity index is 0.00000253. The Hall–Kier alpha value is -7.93. The second-order valence-corrected chi connectivity index (χ2v) is 7.43. The van der Waals surface area contributed by atoms with Crippen molar-refractivity contribution in [2.24, 2.45) is 0 Å². The molecule has 0 aliphatic carbocycles. The summed E-state index contributed by atoms with van der Waals surface area (Å²) < 4.78 is 14.8. The Bertz CT molecular complexity index is 1220. The molecule has 0 spiro atoms. The van der Waals surface area contributed by atoms with Crippen LogP contribution in [0.3, 0.4) is 0 Å². The van der Waals surface area contributed by atoms with Crippen LogP contribution in [0.2, 0.25) is 0 Å². The monoisotopic (exact) mass is 1290 g/mol. The summed E-state index contributed by atoms with van der Waals surface area (Å²) in [5.41, 5.74) is 1.82. The Labute approximate surface area is 207 Å². The Kier molecular flexibility index (Phi) is 8.93. The van der Waals surface area contributed by atoms with Crippen molar-refractivity contribution in [3.05, 3.63) is 87.3 Å². The van der Waals surface area contributed by atoms with E-state index < -0.39 is 0 Å². The number of nitrogens with one attached hydrogen (secondary N) is 2. The third-order valence-corrected chi connectivity index (χ3v) is 4.97. The van der Waals surface area contributed by atoms with Gasteiger partial charge in [0.05, 0.1) is 0 Å². The first-order valence-corrected chi connectivity index (χ1v) is 10.4. The number of anilines is 4. The van der Waals surface area contributed by atoms with Crippen LogP contribution in [0.15, 0.2) is 54.6 Å². The van der Waals surface area contributed by atoms with E-state index in [9.17, 15) is 15.3 Å². The number of aromatic nitrogens is 3. The molecule has 1 aromatic heterocycles. The molecule has 1 heterocycles. The first kappa shape index (κ1) is 29.1. The zero-order chi connectivity index (χ0) is 25.7. The van der Waals surface area contributed by atoms with Crippen molar-refractivity contribution < 1.29 is 29.5 Å². The molecule has 0 atom stereocenters. The molecular formula is C25H22N5O6Rf3-3. The van der Waals surface area contributed by atoms with Crippen molar-refractivity contribution in [1.29, 1.82) is 0 Å². The molecule has 39 heavy (non-hydrogen) atoms. The number of nitrogens with zero attached hydrogens (tertiary/aromatic N) is 3. The van der Waals surface area contributed by atoms with Crippen molar-refractivity contribution >= 4 is 23.3 Å². The average Bonchev–Trinajstić information content (AvgIpc) is 2.87. The summed E-state index contributed by atoms with van der Waals surface area (Å²) in [6.07, 6.45) is 0.272. The normalized spacial score (nSPS) is 9.72. The second kappa shape index (κ2) is 12.0. The van der Waals surface area contributed by atoms with Crippen LogP contribution in [0.5, 0.6) is 34.5 Å². The first-order valence-electron chi connectivity index (χ1n) is 10.4. The van der Waals surface area contributed by atoms with Gasteiger partial charge < -0.3 is 40.2 Å². The average molecular weight is 1290 g/mol. The third kappa shape index (κ3) is 6.35. The summed E-state index contributed by atoms with van der Waals surface area (Å²) in [7, 11) is 9.99. The molecule has 14 heteroatoms. The molecule has 0 saturated carbocycles.